The van der Waals surface area contributed by atoms with Gasteiger partial charge in [-0.05, 0) is 18.4 Å². The summed E-state index contributed by atoms with van der Waals surface area (Å²) in [7, 11) is 0. The molecule has 0 bridgehead atoms. The largest absolute Gasteiger partial charge is 0.480 e. The monoisotopic (exact) mass is 617 g/mol. The Balaban J connectivity index is 1.99. The smallest absolute Gasteiger partial charge is 0.317 e. The zero-order valence-electron chi connectivity index (χ0n) is 24.6. The third-order valence-corrected chi connectivity index (χ3v) is 7.25. The molecule has 0 spiro atoms. The highest BCUT2D eigenvalue weighted by Crippen LogP contribution is 2.40. The zero-order chi connectivity index (χ0) is 32.9. The number of imide groups is 1. The van der Waals surface area contributed by atoms with Gasteiger partial charge in [0.1, 0.15) is 12.1 Å². The number of amides is 7. The van der Waals surface area contributed by atoms with Gasteiger partial charge in [-0.15, -0.1) is 0 Å². The Morgan fingerprint density at radius 1 is 0.886 bits per heavy atom. The quantitative estimate of drug-likeness (QED) is 0.0831. The Morgan fingerprint density at radius 2 is 1.50 bits per heavy atom. The number of nitrogens with two attached hydrogens (primary N) is 1. The Kier molecular flexibility index (Phi) is 13.4. The Labute approximate surface area is 253 Å². The number of nitrogens with one attached hydrogen (secondary N) is 5. The summed E-state index contributed by atoms with van der Waals surface area (Å²) in [4.78, 5) is 99.4. The predicted molar refractivity (Wildman–Crippen MR) is 154 cm³/mol. The fourth-order valence-corrected chi connectivity index (χ4v) is 4.68. The number of primary amides is 1. The van der Waals surface area contributed by atoms with E-state index in [1.165, 1.54) is 0 Å². The van der Waals surface area contributed by atoms with Crippen LogP contribution in [-0.2, 0) is 44.8 Å². The van der Waals surface area contributed by atoms with E-state index in [1.54, 1.807) is 44.2 Å². The van der Waals surface area contributed by atoms with Crippen molar-refractivity contribution in [1.82, 2.24) is 31.5 Å². The molecule has 1 aromatic rings. The molecule has 7 amide bonds. The second-order valence-corrected chi connectivity index (χ2v) is 10.3. The minimum absolute atomic E-state index is 0.0871. The number of benzene rings is 1. The van der Waals surface area contributed by atoms with E-state index in [0.29, 0.717) is 12.8 Å². The lowest BCUT2D eigenvalue weighted by Crippen LogP contribution is -2.56. The lowest BCUT2D eigenvalue weighted by Gasteiger charge is -2.28. The molecule has 8 N–H and O–H groups in total. The van der Waals surface area contributed by atoms with Crippen molar-refractivity contribution >= 4 is 47.3 Å². The molecule has 44 heavy (non-hydrogen) atoms. The lowest BCUT2D eigenvalue weighted by molar-refractivity contribution is -0.149. The molecule has 1 aliphatic rings. The molecule has 1 fully saturated rings. The number of hydrogen-bond acceptors (Lipinski definition) is 9. The first kappa shape index (κ1) is 35.3. The summed E-state index contributed by atoms with van der Waals surface area (Å²) in [5, 5.41) is 20.9. The standard InChI is InChI=1S/C28H39N7O9/c1-3-28(4-2)11-23(39)35(27(28)44)19(12-30-16-24(40)41)26(43)33-14-21(37)31-15-22(38)34-18(25(42)32-13-20(29)36)10-17-8-6-5-7-9-17/h5-9,18-19,30H,3-4,10-16H2,1-2H3,(H2,29,36)(H,31,37)(H,32,42)(H,33,43)(H,34,38)(H,40,41)/t18-,19-/m0/s1. The van der Waals surface area contributed by atoms with Crippen LogP contribution in [0.2, 0.25) is 0 Å². The van der Waals surface area contributed by atoms with Crippen LogP contribution in [0.3, 0.4) is 0 Å². The molecule has 16 nitrogen and oxygen atoms in total. The van der Waals surface area contributed by atoms with Gasteiger partial charge in [0.25, 0.3) is 0 Å². The summed E-state index contributed by atoms with van der Waals surface area (Å²) in [6, 6.07) is 6.24. The second kappa shape index (κ2) is 16.7. The van der Waals surface area contributed by atoms with Crippen LogP contribution in [0.1, 0.15) is 38.7 Å². The van der Waals surface area contributed by atoms with Gasteiger partial charge in [-0.1, -0.05) is 44.2 Å². The number of hydrogen-bond donors (Lipinski definition) is 7. The van der Waals surface area contributed by atoms with Gasteiger partial charge in [-0.25, -0.2) is 0 Å². The fraction of sp³-hybridized carbons (Fsp3) is 0.500. The van der Waals surface area contributed by atoms with Crippen LogP contribution < -0.4 is 32.3 Å². The highest BCUT2D eigenvalue weighted by Gasteiger charge is 2.52. The number of carbonyl (C=O) groups excluding carboxylic acids is 7. The molecule has 2 rings (SSSR count). The summed E-state index contributed by atoms with van der Waals surface area (Å²) in [5.41, 5.74) is 4.82. The third kappa shape index (κ3) is 10.1. The number of carboxylic acid groups (broad SMARTS) is 1. The number of likely N-dealkylation sites (tertiary alicyclic amines) is 1. The van der Waals surface area contributed by atoms with Gasteiger partial charge in [0.05, 0.1) is 31.6 Å². The maximum absolute atomic E-state index is 13.2. The topological polar surface area (TPSA) is 246 Å². The van der Waals surface area contributed by atoms with Crippen molar-refractivity contribution in [1.29, 1.82) is 0 Å². The molecular weight excluding hydrogens is 578 g/mol. The average molecular weight is 618 g/mol. The van der Waals surface area contributed by atoms with Crippen molar-refractivity contribution in [3.8, 4) is 0 Å². The molecule has 2 atom stereocenters. The first-order valence-corrected chi connectivity index (χ1v) is 14.1. The predicted octanol–water partition coefficient (Wildman–Crippen LogP) is -2.84. The third-order valence-electron chi connectivity index (χ3n) is 7.25. The second-order valence-electron chi connectivity index (χ2n) is 10.3. The van der Waals surface area contributed by atoms with Crippen LogP contribution >= 0.6 is 0 Å². The van der Waals surface area contributed by atoms with Crippen molar-refractivity contribution in [3.05, 3.63) is 35.9 Å². The minimum atomic E-state index is -1.41. The van der Waals surface area contributed by atoms with Gasteiger partial charge in [0.2, 0.25) is 41.4 Å². The molecule has 0 unspecified atom stereocenters. The summed E-state index contributed by atoms with van der Waals surface area (Å²) in [6.45, 7) is 0.998. The molecule has 0 aliphatic carbocycles. The first-order valence-electron chi connectivity index (χ1n) is 14.1. The van der Waals surface area contributed by atoms with E-state index in [-0.39, 0.29) is 19.4 Å². The normalized spacial score (nSPS) is 15.2. The van der Waals surface area contributed by atoms with Crippen molar-refractivity contribution in [2.45, 2.75) is 51.6 Å². The van der Waals surface area contributed by atoms with Gasteiger partial charge < -0.3 is 37.4 Å². The SMILES string of the molecule is CCC1(CC)CC(=O)N([C@@H](CNCC(=O)O)C(=O)NCC(=O)NCC(=O)N[C@@H](Cc2ccccc2)C(=O)NCC(N)=O)C1=O. The van der Waals surface area contributed by atoms with Crippen molar-refractivity contribution in [2.75, 3.05) is 32.7 Å². The maximum atomic E-state index is 13.2. The summed E-state index contributed by atoms with van der Waals surface area (Å²) < 4.78 is 0. The highest BCUT2D eigenvalue weighted by molar-refractivity contribution is 6.09. The lowest BCUT2D eigenvalue weighted by atomic mass is 9.81. The fourth-order valence-electron chi connectivity index (χ4n) is 4.68. The first-order chi connectivity index (χ1) is 20.8. The number of aliphatic carboxylic acids is 1. The molecule has 16 heteroatoms. The van der Waals surface area contributed by atoms with E-state index in [1.807, 2.05) is 0 Å². The number of nitrogens with zero attached hydrogens (tertiary/aromatic N) is 1. The van der Waals surface area contributed by atoms with Gasteiger partial charge in [0, 0.05) is 19.4 Å². The van der Waals surface area contributed by atoms with E-state index >= 15 is 0 Å². The molecule has 1 aliphatic heterocycles. The maximum Gasteiger partial charge on any atom is 0.317 e. The molecule has 1 saturated heterocycles. The Hall–Kier alpha value is -4.86. The molecule has 1 heterocycles. The zero-order valence-corrected chi connectivity index (χ0v) is 24.6. The van der Waals surface area contributed by atoms with Gasteiger partial charge in [0.15, 0.2) is 0 Å². The Bertz CT molecular complexity index is 1250. The summed E-state index contributed by atoms with van der Waals surface area (Å²) in [5.74, 6) is -6.18. The van der Waals surface area contributed by atoms with Crippen molar-refractivity contribution in [3.63, 3.8) is 0 Å². The molecule has 0 aromatic heterocycles. The van der Waals surface area contributed by atoms with Crippen LogP contribution in [0.5, 0.6) is 0 Å². The average Bonchev–Trinajstić information content (AvgIpc) is 3.24. The number of rotatable bonds is 18. The summed E-state index contributed by atoms with van der Waals surface area (Å²) >= 11 is 0. The van der Waals surface area contributed by atoms with Gasteiger partial charge in [-0.3, -0.25) is 43.3 Å². The van der Waals surface area contributed by atoms with Crippen LogP contribution in [0.15, 0.2) is 30.3 Å². The van der Waals surface area contributed by atoms with E-state index in [9.17, 15) is 38.4 Å². The van der Waals surface area contributed by atoms with Crippen LogP contribution in [-0.4, -0.2) is 102 Å². The molecule has 0 radical (unpaired) electrons. The minimum Gasteiger partial charge on any atom is -0.480 e. The van der Waals surface area contributed by atoms with E-state index in [0.717, 1.165) is 10.5 Å². The molecule has 1 aromatic carbocycles. The van der Waals surface area contributed by atoms with E-state index in [2.05, 4.69) is 26.6 Å². The van der Waals surface area contributed by atoms with Crippen molar-refractivity contribution < 1.29 is 43.5 Å². The highest BCUT2D eigenvalue weighted by atomic mass is 16.4. The number of carboxylic acids is 1. The van der Waals surface area contributed by atoms with Crippen LogP contribution in [0.4, 0.5) is 0 Å². The van der Waals surface area contributed by atoms with Crippen LogP contribution in [0, 0.1) is 5.41 Å². The number of carbonyl (C=O) groups is 8. The van der Waals surface area contributed by atoms with Gasteiger partial charge >= 0.3 is 5.97 Å². The molecule has 0 saturated carbocycles. The molecular formula is C28H39N7O9. The molecule has 240 valence electrons. The Morgan fingerprint density at radius 3 is 2.07 bits per heavy atom. The van der Waals surface area contributed by atoms with Crippen molar-refractivity contribution in [2.24, 2.45) is 11.1 Å². The van der Waals surface area contributed by atoms with Gasteiger partial charge in [-0.2, -0.15) is 0 Å². The summed E-state index contributed by atoms with van der Waals surface area (Å²) in [6.07, 6.45) is 0.725. The van der Waals surface area contributed by atoms with Crippen LogP contribution in [0.25, 0.3) is 0 Å². The van der Waals surface area contributed by atoms with E-state index in [4.69, 9.17) is 10.8 Å². The van der Waals surface area contributed by atoms with E-state index < -0.39 is 91.0 Å².